The summed E-state index contributed by atoms with van der Waals surface area (Å²) in [6.07, 6.45) is 3.94. The molecule has 0 aliphatic rings. The van der Waals surface area contributed by atoms with Crippen molar-refractivity contribution in [3.8, 4) is 11.8 Å². The Balaban J connectivity index is 1.99. The van der Waals surface area contributed by atoms with E-state index in [4.69, 9.17) is 5.73 Å². The highest BCUT2D eigenvalue weighted by atomic mass is 32.1. The van der Waals surface area contributed by atoms with Gasteiger partial charge in [-0.3, -0.25) is 9.58 Å². The van der Waals surface area contributed by atoms with Crippen LogP contribution in [0.15, 0.2) is 23.8 Å². The van der Waals surface area contributed by atoms with E-state index in [1.54, 1.807) is 11.3 Å². The quantitative estimate of drug-likeness (QED) is 0.858. The van der Waals surface area contributed by atoms with Gasteiger partial charge in [0.15, 0.2) is 0 Å². The summed E-state index contributed by atoms with van der Waals surface area (Å²) in [4.78, 5) is 3.54. The fraction of sp³-hybridized carbons (Fsp3) is 0.357. The molecule has 5 heteroatoms. The zero-order chi connectivity index (χ0) is 13.7. The number of nitrogens with two attached hydrogens (primary N) is 1. The topological polar surface area (TPSA) is 47.1 Å². The van der Waals surface area contributed by atoms with Crippen molar-refractivity contribution in [2.24, 2.45) is 12.8 Å². The molecule has 0 saturated carbocycles. The van der Waals surface area contributed by atoms with Crippen LogP contribution in [-0.4, -0.2) is 28.3 Å². The second-order valence-corrected chi connectivity index (χ2v) is 5.46. The van der Waals surface area contributed by atoms with Gasteiger partial charge in [0.05, 0.1) is 12.7 Å². The minimum Gasteiger partial charge on any atom is -0.320 e. The SMILES string of the molecule is CN(Cc1cnn(C)c1)Cc1sccc1C#CCN. The van der Waals surface area contributed by atoms with E-state index in [1.807, 2.05) is 24.1 Å². The minimum absolute atomic E-state index is 0.404. The molecule has 0 radical (unpaired) electrons. The zero-order valence-corrected chi connectivity index (χ0v) is 12.1. The molecule has 0 atom stereocenters. The Kier molecular flexibility index (Phi) is 4.74. The third-order valence-electron chi connectivity index (χ3n) is 2.69. The summed E-state index contributed by atoms with van der Waals surface area (Å²) < 4.78 is 1.83. The summed E-state index contributed by atoms with van der Waals surface area (Å²) in [5, 5.41) is 6.26. The molecule has 4 nitrogen and oxygen atoms in total. The number of thiophene rings is 1. The van der Waals surface area contributed by atoms with Crippen molar-refractivity contribution in [1.29, 1.82) is 0 Å². The van der Waals surface area contributed by atoms with Crippen LogP contribution >= 0.6 is 11.3 Å². The Morgan fingerprint density at radius 3 is 3.00 bits per heavy atom. The first-order chi connectivity index (χ1) is 9.19. The lowest BCUT2D eigenvalue weighted by Gasteiger charge is -2.14. The standard InChI is InChI=1S/C14H18N4S/c1-17(9-12-8-16-18(2)10-12)11-14-13(4-3-6-15)5-7-19-14/h5,7-8,10H,6,9,11,15H2,1-2H3. The van der Waals surface area contributed by atoms with Gasteiger partial charge in [0, 0.05) is 42.3 Å². The average molecular weight is 274 g/mol. The van der Waals surface area contributed by atoms with Gasteiger partial charge in [-0.25, -0.2) is 0 Å². The molecule has 0 bridgehead atoms. The van der Waals surface area contributed by atoms with Gasteiger partial charge < -0.3 is 5.73 Å². The molecule has 2 N–H and O–H groups in total. The monoisotopic (exact) mass is 274 g/mol. The van der Waals surface area contributed by atoms with E-state index in [2.05, 4.69) is 40.3 Å². The molecule has 0 aliphatic carbocycles. The van der Waals surface area contributed by atoms with Gasteiger partial charge in [-0.15, -0.1) is 11.3 Å². The van der Waals surface area contributed by atoms with Gasteiger partial charge in [-0.1, -0.05) is 11.8 Å². The predicted molar refractivity (Wildman–Crippen MR) is 78.6 cm³/mol. The third-order valence-corrected chi connectivity index (χ3v) is 3.60. The van der Waals surface area contributed by atoms with Gasteiger partial charge >= 0.3 is 0 Å². The first-order valence-corrected chi connectivity index (χ1v) is 6.98. The summed E-state index contributed by atoms with van der Waals surface area (Å²) in [7, 11) is 4.04. The highest BCUT2D eigenvalue weighted by Gasteiger charge is 2.07. The number of aryl methyl sites for hydroxylation is 1. The normalized spacial score (nSPS) is 10.5. The molecule has 0 fully saturated rings. The number of rotatable bonds is 4. The maximum Gasteiger partial charge on any atom is 0.0555 e. The molecule has 0 aliphatic heterocycles. The summed E-state index contributed by atoms with van der Waals surface area (Å²) in [5.74, 6) is 6.03. The second kappa shape index (κ2) is 6.53. The molecule has 2 heterocycles. The van der Waals surface area contributed by atoms with Gasteiger partial charge in [-0.2, -0.15) is 5.10 Å². The van der Waals surface area contributed by atoms with Crippen LogP contribution in [0.2, 0.25) is 0 Å². The lowest BCUT2D eigenvalue weighted by atomic mass is 10.2. The number of hydrogen-bond donors (Lipinski definition) is 1. The first-order valence-electron chi connectivity index (χ1n) is 6.10. The fourth-order valence-corrected chi connectivity index (χ4v) is 2.80. The number of aromatic nitrogens is 2. The minimum atomic E-state index is 0.404. The van der Waals surface area contributed by atoms with Crippen LogP contribution in [0, 0.1) is 11.8 Å². The molecule has 0 aromatic carbocycles. The van der Waals surface area contributed by atoms with E-state index in [0.29, 0.717) is 6.54 Å². The molecule has 0 spiro atoms. The zero-order valence-electron chi connectivity index (χ0n) is 11.3. The van der Waals surface area contributed by atoms with E-state index >= 15 is 0 Å². The molecule has 0 amide bonds. The Morgan fingerprint density at radius 1 is 1.47 bits per heavy atom. The summed E-state index contributed by atoms with van der Waals surface area (Å²) >= 11 is 1.74. The fourth-order valence-electron chi connectivity index (χ4n) is 1.89. The van der Waals surface area contributed by atoms with Crippen LogP contribution in [0.3, 0.4) is 0 Å². The molecule has 0 saturated heterocycles. The highest BCUT2D eigenvalue weighted by Crippen LogP contribution is 2.18. The molecular weight excluding hydrogens is 256 g/mol. The summed E-state index contributed by atoms with van der Waals surface area (Å²) in [6, 6.07) is 2.06. The lowest BCUT2D eigenvalue weighted by molar-refractivity contribution is 0.321. The predicted octanol–water partition coefficient (Wildman–Crippen LogP) is 1.42. The van der Waals surface area contributed by atoms with Crippen molar-refractivity contribution in [2.45, 2.75) is 13.1 Å². The van der Waals surface area contributed by atoms with E-state index in [1.165, 1.54) is 10.4 Å². The van der Waals surface area contributed by atoms with Crippen molar-refractivity contribution >= 4 is 11.3 Å². The molecule has 2 aromatic rings. The van der Waals surface area contributed by atoms with Gasteiger partial charge in [0.2, 0.25) is 0 Å². The molecule has 2 aromatic heterocycles. The van der Waals surface area contributed by atoms with Gasteiger partial charge in [0.25, 0.3) is 0 Å². The van der Waals surface area contributed by atoms with Crippen LogP contribution in [-0.2, 0) is 20.1 Å². The van der Waals surface area contributed by atoms with Gasteiger partial charge in [0.1, 0.15) is 0 Å². The van der Waals surface area contributed by atoms with Crippen molar-refractivity contribution in [1.82, 2.24) is 14.7 Å². The molecule has 2 rings (SSSR count). The Morgan fingerprint density at radius 2 is 2.32 bits per heavy atom. The number of hydrogen-bond acceptors (Lipinski definition) is 4. The number of nitrogens with zero attached hydrogens (tertiary/aromatic N) is 3. The van der Waals surface area contributed by atoms with Crippen molar-refractivity contribution in [2.75, 3.05) is 13.6 Å². The summed E-state index contributed by atoms with van der Waals surface area (Å²) in [5.41, 5.74) is 7.72. The van der Waals surface area contributed by atoms with Crippen LogP contribution in [0.1, 0.15) is 16.0 Å². The van der Waals surface area contributed by atoms with Crippen LogP contribution < -0.4 is 5.73 Å². The largest absolute Gasteiger partial charge is 0.320 e. The first kappa shape index (κ1) is 13.8. The van der Waals surface area contributed by atoms with Gasteiger partial charge in [-0.05, 0) is 18.5 Å². The van der Waals surface area contributed by atoms with Crippen molar-refractivity contribution in [3.05, 3.63) is 39.8 Å². The molecule has 0 unspecified atom stereocenters. The van der Waals surface area contributed by atoms with Crippen LogP contribution in [0.5, 0.6) is 0 Å². The second-order valence-electron chi connectivity index (χ2n) is 4.46. The lowest BCUT2D eigenvalue weighted by Crippen LogP contribution is -2.16. The summed E-state index contributed by atoms with van der Waals surface area (Å²) in [6.45, 7) is 2.18. The van der Waals surface area contributed by atoms with Crippen molar-refractivity contribution in [3.63, 3.8) is 0 Å². The van der Waals surface area contributed by atoms with Crippen molar-refractivity contribution < 1.29 is 0 Å². The molecule has 100 valence electrons. The van der Waals surface area contributed by atoms with E-state index in [-0.39, 0.29) is 0 Å². The Labute approximate surface area is 117 Å². The Hall–Kier alpha value is -1.61. The molecule has 19 heavy (non-hydrogen) atoms. The molecular formula is C14H18N4S. The van der Waals surface area contributed by atoms with E-state index < -0.39 is 0 Å². The van der Waals surface area contributed by atoms with Crippen LogP contribution in [0.4, 0.5) is 0 Å². The average Bonchev–Trinajstić information content (AvgIpc) is 2.96. The highest BCUT2D eigenvalue weighted by molar-refractivity contribution is 7.10. The maximum atomic E-state index is 5.41. The van der Waals surface area contributed by atoms with E-state index in [0.717, 1.165) is 18.7 Å². The third kappa shape index (κ3) is 3.93. The Bertz CT molecular complexity index is 588. The maximum absolute atomic E-state index is 5.41. The smallest absolute Gasteiger partial charge is 0.0555 e. The van der Waals surface area contributed by atoms with E-state index in [9.17, 15) is 0 Å². The van der Waals surface area contributed by atoms with Crippen LogP contribution in [0.25, 0.3) is 0 Å².